The molecule has 0 amide bonds. The standard InChI is InChI=1S/C30H36N6/c1-29(2,3)25(31)27-33-16-24(36-27)21-10-9-17-13-18(7-8-19(17)14-21)20-11-12-22-23(15-20)35-28(34-22)26(32)30(4,5)6/h7-16,25-26H,31-32H2,1-6H3,(H,33,36)(H,34,35)/t25-,26-/m1/s1. The summed E-state index contributed by atoms with van der Waals surface area (Å²) in [5.74, 6) is 1.64. The summed E-state index contributed by atoms with van der Waals surface area (Å²) < 4.78 is 0. The highest BCUT2D eigenvalue weighted by molar-refractivity contribution is 5.91. The largest absolute Gasteiger partial charge is 0.341 e. The number of nitrogens with zero attached hydrogens (tertiary/aromatic N) is 2. The van der Waals surface area contributed by atoms with Crippen molar-refractivity contribution in [3.63, 3.8) is 0 Å². The first-order valence-corrected chi connectivity index (χ1v) is 12.5. The highest BCUT2D eigenvalue weighted by Gasteiger charge is 2.26. The van der Waals surface area contributed by atoms with Crippen molar-refractivity contribution in [2.45, 2.75) is 53.6 Å². The fraction of sp³-hybridized carbons (Fsp3) is 0.333. The van der Waals surface area contributed by atoms with Gasteiger partial charge in [-0.3, -0.25) is 0 Å². The first-order chi connectivity index (χ1) is 16.9. The van der Waals surface area contributed by atoms with E-state index in [1.807, 2.05) is 6.20 Å². The number of benzene rings is 3. The van der Waals surface area contributed by atoms with Crippen LogP contribution in [0.25, 0.3) is 44.2 Å². The van der Waals surface area contributed by atoms with Crippen molar-refractivity contribution >= 4 is 21.8 Å². The molecule has 3 aromatic carbocycles. The number of nitrogens with one attached hydrogen (secondary N) is 2. The van der Waals surface area contributed by atoms with Gasteiger partial charge in [0.2, 0.25) is 0 Å². The molecule has 2 heterocycles. The molecule has 5 rings (SSSR count). The number of aromatic amines is 2. The molecule has 0 radical (unpaired) electrons. The quantitative estimate of drug-likeness (QED) is 0.225. The van der Waals surface area contributed by atoms with Crippen LogP contribution >= 0.6 is 0 Å². The lowest BCUT2D eigenvalue weighted by Crippen LogP contribution is -2.27. The number of rotatable bonds is 4. The first-order valence-electron chi connectivity index (χ1n) is 12.5. The van der Waals surface area contributed by atoms with E-state index in [1.54, 1.807) is 0 Å². The Morgan fingerprint density at radius 3 is 1.89 bits per heavy atom. The lowest BCUT2D eigenvalue weighted by molar-refractivity contribution is 0.317. The van der Waals surface area contributed by atoms with E-state index in [9.17, 15) is 0 Å². The van der Waals surface area contributed by atoms with Crippen molar-refractivity contribution in [1.82, 2.24) is 19.9 Å². The summed E-state index contributed by atoms with van der Waals surface area (Å²) in [6, 6.07) is 19.1. The Hall–Kier alpha value is -3.48. The van der Waals surface area contributed by atoms with Gasteiger partial charge in [-0.25, -0.2) is 9.97 Å². The highest BCUT2D eigenvalue weighted by atomic mass is 15.0. The zero-order chi connectivity index (χ0) is 25.8. The molecule has 0 fully saturated rings. The van der Waals surface area contributed by atoms with E-state index in [1.165, 1.54) is 10.8 Å². The van der Waals surface area contributed by atoms with Crippen molar-refractivity contribution in [2.75, 3.05) is 0 Å². The lowest BCUT2D eigenvalue weighted by atomic mass is 9.87. The molecule has 0 saturated heterocycles. The van der Waals surface area contributed by atoms with Crippen LogP contribution in [0.3, 0.4) is 0 Å². The Labute approximate surface area is 212 Å². The molecule has 0 aliphatic carbocycles. The molecule has 2 atom stereocenters. The second-order valence-corrected chi connectivity index (χ2v) is 12.0. The smallest absolute Gasteiger partial charge is 0.124 e. The number of nitrogens with two attached hydrogens (primary N) is 2. The summed E-state index contributed by atoms with van der Waals surface area (Å²) in [7, 11) is 0. The van der Waals surface area contributed by atoms with Crippen LogP contribution in [0.4, 0.5) is 0 Å². The zero-order valence-electron chi connectivity index (χ0n) is 22.0. The summed E-state index contributed by atoms with van der Waals surface area (Å²) in [6.45, 7) is 12.8. The Kier molecular flexibility index (Phi) is 5.77. The van der Waals surface area contributed by atoms with Crippen LogP contribution in [0.5, 0.6) is 0 Å². The van der Waals surface area contributed by atoms with E-state index in [4.69, 9.17) is 16.5 Å². The predicted molar refractivity (Wildman–Crippen MR) is 149 cm³/mol. The number of imidazole rings is 2. The van der Waals surface area contributed by atoms with Crippen molar-refractivity contribution in [3.05, 3.63) is 72.4 Å². The summed E-state index contributed by atoms with van der Waals surface area (Å²) in [5.41, 5.74) is 19.0. The molecule has 0 saturated carbocycles. The van der Waals surface area contributed by atoms with Gasteiger partial charge in [-0.15, -0.1) is 0 Å². The summed E-state index contributed by atoms with van der Waals surface area (Å²) in [5, 5.41) is 2.36. The normalized spacial score (nSPS) is 14.4. The molecule has 2 aromatic heterocycles. The summed E-state index contributed by atoms with van der Waals surface area (Å²) >= 11 is 0. The van der Waals surface area contributed by atoms with E-state index in [0.717, 1.165) is 45.1 Å². The predicted octanol–water partition coefficient (Wildman–Crippen LogP) is 6.87. The second-order valence-electron chi connectivity index (χ2n) is 12.0. The molecule has 0 unspecified atom stereocenters. The van der Waals surface area contributed by atoms with Gasteiger partial charge in [-0.2, -0.15) is 0 Å². The Bertz CT molecular complexity index is 1540. The van der Waals surface area contributed by atoms with Gasteiger partial charge < -0.3 is 21.4 Å². The van der Waals surface area contributed by atoms with Gasteiger partial charge in [0.25, 0.3) is 0 Å². The van der Waals surface area contributed by atoms with Gasteiger partial charge in [0, 0.05) is 5.56 Å². The van der Waals surface area contributed by atoms with Crippen molar-refractivity contribution in [3.8, 4) is 22.4 Å². The topological polar surface area (TPSA) is 109 Å². The number of aromatic nitrogens is 4. The number of fused-ring (bicyclic) bond motifs is 2. The van der Waals surface area contributed by atoms with E-state index in [2.05, 4.69) is 111 Å². The molecule has 0 aliphatic heterocycles. The van der Waals surface area contributed by atoms with Crippen LogP contribution in [0.1, 0.15) is 65.3 Å². The monoisotopic (exact) mass is 480 g/mol. The molecule has 36 heavy (non-hydrogen) atoms. The van der Waals surface area contributed by atoms with Crippen LogP contribution in [0, 0.1) is 10.8 Å². The molecular formula is C30H36N6. The van der Waals surface area contributed by atoms with Gasteiger partial charge in [0.05, 0.1) is 35.0 Å². The van der Waals surface area contributed by atoms with E-state index in [0.29, 0.717) is 0 Å². The SMILES string of the molecule is CC(C)(C)[C@H](N)c1ncc(-c2ccc3cc(-c4ccc5nc([C@@H](N)C(C)(C)C)[nH]c5c4)ccc3c2)[nH]1. The average molecular weight is 481 g/mol. The zero-order valence-corrected chi connectivity index (χ0v) is 22.0. The van der Waals surface area contributed by atoms with E-state index < -0.39 is 0 Å². The highest BCUT2D eigenvalue weighted by Crippen LogP contribution is 2.33. The van der Waals surface area contributed by atoms with Crippen LogP contribution < -0.4 is 11.5 Å². The molecule has 6 N–H and O–H groups in total. The Morgan fingerprint density at radius 2 is 1.22 bits per heavy atom. The fourth-order valence-electron chi connectivity index (χ4n) is 4.41. The maximum Gasteiger partial charge on any atom is 0.124 e. The molecular weight excluding hydrogens is 444 g/mol. The van der Waals surface area contributed by atoms with Gasteiger partial charge >= 0.3 is 0 Å². The van der Waals surface area contributed by atoms with Crippen molar-refractivity contribution < 1.29 is 0 Å². The van der Waals surface area contributed by atoms with Crippen LogP contribution in [0.15, 0.2) is 60.8 Å². The minimum atomic E-state index is -0.154. The summed E-state index contributed by atoms with van der Waals surface area (Å²) in [6.07, 6.45) is 1.87. The fourth-order valence-corrected chi connectivity index (χ4v) is 4.41. The Balaban J connectivity index is 1.44. The number of hydrogen-bond donors (Lipinski definition) is 4. The van der Waals surface area contributed by atoms with Crippen LogP contribution in [-0.4, -0.2) is 19.9 Å². The number of hydrogen-bond acceptors (Lipinski definition) is 4. The number of H-pyrrole nitrogens is 2. The van der Waals surface area contributed by atoms with Gasteiger partial charge in [-0.05, 0) is 57.0 Å². The molecule has 6 heteroatoms. The minimum absolute atomic E-state index is 0.0612. The first kappa shape index (κ1) is 24.2. The third kappa shape index (κ3) is 4.54. The van der Waals surface area contributed by atoms with Crippen molar-refractivity contribution in [1.29, 1.82) is 0 Å². The minimum Gasteiger partial charge on any atom is -0.341 e. The molecule has 0 bridgehead atoms. The molecule has 6 nitrogen and oxygen atoms in total. The van der Waals surface area contributed by atoms with Crippen molar-refractivity contribution in [2.24, 2.45) is 22.3 Å². The average Bonchev–Trinajstić information content (AvgIpc) is 3.48. The van der Waals surface area contributed by atoms with Crippen LogP contribution in [-0.2, 0) is 0 Å². The summed E-state index contributed by atoms with van der Waals surface area (Å²) in [4.78, 5) is 16.1. The van der Waals surface area contributed by atoms with Gasteiger partial charge in [-0.1, -0.05) is 71.9 Å². The van der Waals surface area contributed by atoms with E-state index >= 15 is 0 Å². The second kappa shape index (κ2) is 8.57. The van der Waals surface area contributed by atoms with E-state index in [-0.39, 0.29) is 22.9 Å². The molecule has 186 valence electrons. The third-order valence-electron chi connectivity index (χ3n) is 7.04. The third-order valence-corrected chi connectivity index (χ3v) is 7.04. The van der Waals surface area contributed by atoms with Crippen LogP contribution in [0.2, 0.25) is 0 Å². The maximum atomic E-state index is 6.43. The Morgan fingerprint density at radius 1 is 0.667 bits per heavy atom. The molecule has 5 aromatic rings. The maximum absolute atomic E-state index is 6.43. The lowest BCUT2D eigenvalue weighted by Gasteiger charge is -2.25. The van der Waals surface area contributed by atoms with Gasteiger partial charge in [0.15, 0.2) is 0 Å². The molecule has 0 aliphatic rings. The molecule has 0 spiro atoms. The van der Waals surface area contributed by atoms with Gasteiger partial charge in [0.1, 0.15) is 11.6 Å².